The van der Waals surface area contributed by atoms with Crippen molar-refractivity contribution in [2.75, 3.05) is 7.11 Å². The van der Waals surface area contributed by atoms with Crippen LogP contribution < -0.4 is 5.32 Å². The summed E-state index contributed by atoms with van der Waals surface area (Å²) < 4.78 is 4.72. The molecule has 1 amide bonds. The number of rotatable bonds is 4. The topological polar surface area (TPSA) is 55.4 Å². The smallest absolute Gasteiger partial charge is 0.328 e. The van der Waals surface area contributed by atoms with Crippen LogP contribution in [0.5, 0.6) is 0 Å². The first-order valence-corrected chi connectivity index (χ1v) is 6.33. The summed E-state index contributed by atoms with van der Waals surface area (Å²) in [6, 6.07) is 5.04. The Balaban J connectivity index is 2.98. The Morgan fingerprint density at radius 3 is 2.11 bits per heavy atom. The first kappa shape index (κ1) is 15.2. The van der Waals surface area contributed by atoms with Crippen molar-refractivity contribution in [3.8, 4) is 0 Å². The monoisotopic (exact) mass is 263 g/mol. The number of ether oxygens (including phenoxy) is 1. The summed E-state index contributed by atoms with van der Waals surface area (Å²) in [6.45, 7) is 7.49. The molecule has 1 atom stereocenters. The summed E-state index contributed by atoms with van der Waals surface area (Å²) in [6.07, 6.45) is 0. The average Bonchev–Trinajstić information content (AvgIpc) is 2.34. The molecule has 0 saturated carbocycles. The molecule has 1 N–H and O–H groups in total. The van der Waals surface area contributed by atoms with Gasteiger partial charge in [-0.05, 0) is 30.9 Å². The van der Waals surface area contributed by atoms with Crippen LogP contribution in [0.4, 0.5) is 0 Å². The van der Waals surface area contributed by atoms with Gasteiger partial charge >= 0.3 is 5.97 Å². The highest BCUT2D eigenvalue weighted by atomic mass is 16.5. The molecule has 4 nitrogen and oxygen atoms in total. The SMILES string of the molecule is COC(=O)C(NC(=O)c1c(C)cccc1C)C(C)C. The predicted molar refractivity (Wildman–Crippen MR) is 74.0 cm³/mol. The van der Waals surface area contributed by atoms with Crippen molar-refractivity contribution in [1.29, 1.82) is 0 Å². The molecule has 0 fully saturated rings. The Bertz CT molecular complexity index is 460. The van der Waals surface area contributed by atoms with Gasteiger partial charge in [0.05, 0.1) is 7.11 Å². The number of nitrogens with one attached hydrogen (secondary N) is 1. The van der Waals surface area contributed by atoms with E-state index in [-0.39, 0.29) is 11.8 Å². The van der Waals surface area contributed by atoms with Crippen LogP contribution in [0.3, 0.4) is 0 Å². The van der Waals surface area contributed by atoms with E-state index in [0.717, 1.165) is 11.1 Å². The molecule has 0 bridgehead atoms. The van der Waals surface area contributed by atoms with Crippen LogP contribution >= 0.6 is 0 Å². The second-order valence-electron chi connectivity index (χ2n) is 4.99. The van der Waals surface area contributed by atoms with Crippen LogP contribution in [0.2, 0.25) is 0 Å². The number of benzene rings is 1. The summed E-state index contributed by atoms with van der Waals surface area (Å²) in [7, 11) is 1.32. The van der Waals surface area contributed by atoms with E-state index in [1.807, 2.05) is 45.9 Å². The maximum Gasteiger partial charge on any atom is 0.328 e. The van der Waals surface area contributed by atoms with Crippen molar-refractivity contribution in [3.63, 3.8) is 0 Å². The van der Waals surface area contributed by atoms with Crippen molar-refractivity contribution in [3.05, 3.63) is 34.9 Å². The van der Waals surface area contributed by atoms with Gasteiger partial charge in [0.2, 0.25) is 0 Å². The van der Waals surface area contributed by atoms with Crippen LogP contribution in [-0.4, -0.2) is 25.0 Å². The van der Waals surface area contributed by atoms with Crippen LogP contribution in [0, 0.1) is 19.8 Å². The molecule has 0 heterocycles. The Hall–Kier alpha value is -1.84. The van der Waals surface area contributed by atoms with Gasteiger partial charge in [-0.15, -0.1) is 0 Å². The number of carbonyl (C=O) groups is 2. The average molecular weight is 263 g/mol. The van der Waals surface area contributed by atoms with Gasteiger partial charge in [-0.1, -0.05) is 32.0 Å². The third-order valence-corrected chi connectivity index (χ3v) is 3.12. The molecule has 0 aliphatic heterocycles. The van der Waals surface area contributed by atoms with Gasteiger partial charge in [0.15, 0.2) is 0 Å². The van der Waals surface area contributed by atoms with Gasteiger partial charge in [-0.25, -0.2) is 4.79 Å². The summed E-state index contributed by atoms with van der Waals surface area (Å²) >= 11 is 0. The van der Waals surface area contributed by atoms with Crippen LogP contribution in [-0.2, 0) is 9.53 Å². The zero-order valence-corrected chi connectivity index (χ0v) is 12.1. The zero-order valence-electron chi connectivity index (χ0n) is 12.1. The molecule has 4 heteroatoms. The molecular formula is C15H21NO3. The molecular weight excluding hydrogens is 242 g/mol. The van der Waals surface area contributed by atoms with Gasteiger partial charge in [0.1, 0.15) is 6.04 Å². The highest BCUT2D eigenvalue weighted by Gasteiger charge is 2.26. The number of esters is 1. The van der Waals surface area contributed by atoms with Gasteiger partial charge in [-0.2, -0.15) is 0 Å². The number of hydrogen-bond donors (Lipinski definition) is 1. The quantitative estimate of drug-likeness (QED) is 0.847. The summed E-state index contributed by atoms with van der Waals surface area (Å²) in [4.78, 5) is 24.0. The molecule has 1 unspecified atom stereocenters. The lowest BCUT2D eigenvalue weighted by Crippen LogP contribution is -2.45. The lowest BCUT2D eigenvalue weighted by molar-refractivity contribution is -0.144. The van der Waals surface area contributed by atoms with E-state index in [4.69, 9.17) is 4.74 Å². The number of amides is 1. The van der Waals surface area contributed by atoms with E-state index in [1.165, 1.54) is 7.11 Å². The van der Waals surface area contributed by atoms with Crippen LogP contribution in [0.1, 0.15) is 35.3 Å². The fourth-order valence-corrected chi connectivity index (χ4v) is 2.01. The van der Waals surface area contributed by atoms with Crippen molar-refractivity contribution in [1.82, 2.24) is 5.32 Å². The molecule has 1 aromatic rings. The number of carbonyl (C=O) groups excluding carboxylic acids is 2. The van der Waals surface area contributed by atoms with E-state index in [0.29, 0.717) is 5.56 Å². The van der Waals surface area contributed by atoms with Gasteiger partial charge in [0, 0.05) is 5.56 Å². The van der Waals surface area contributed by atoms with Gasteiger partial charge < -0.3 is 10.1 Å². The summed E-state index contributed by atoms with van der Waals surface area (Å²) in [5, 5.41) is 2.75. The fraction of sp³-hybridized carbons (Fsp3) is 0.467. The maximum atomic E-state index is 12.3. The molecule has 0 radical (unpaired) electrons. The predicted octanol–water partition coefficient (Wildman–Crippen LogP) is 2.23. The summed E-state index contributed by atoms with van der Waals surface area (Å²) in [5.41, 5.74) is 2.41. The highest BCUT2D eigenvalue weighted by molar-refractivity contribution is 5.99. The number of methoxy groups -OCH3 is 1. The van der Waals surface area contributed by atoms with Crippen molar-refractivity contribution < 1.29 is 14.3 Å². The number of aryl methyl sites for hydroxylation is 2. The van der Waals surface area contributed by atoms with E-state index in [9.17, 15) is 9.59 Å². The fourth-order valence-electron chi connectivity index (χ4n) is 2.01. The minimum atomic E-state index is -0.628. The van der Waals surface area contributed by atoms with Crippen molar-refractivity contribution in [2.45, 2.75) is 33.7 Å². The molecule has 0 saturated heterocycles. The normalized spacial score (nSPS) is 12.1. The Kier molecular flexibility index (Phi) is 5.10. The minimum Gasteiger partial charge on any atom is -0.467 e. The molecule has 1 aromatic carbocycles. The molecule has 19 heavy (non-hydrogen) atoms. The zero-order chi connectivity index (χ0) is 14.6. The third-order valence-electron chi connectivity index (χ3n) is 3.12. The maximum absolute atomic E-state index is 12.3. The molecule has 0 aliphatic carbocycles. The second-order valence-corrected chi connectivity index (χ2v) is 4.99. The van der Waals surface area contributed by atoms with Gasteiger partial charge in [0.25, 0.3) is 5.91 Å². The summed E-state index contributed by atoms with van der Waals surface area (Å²) in [5.74, 6) is -0.685. The van der Waals surface area contributed by atoms with E-state index < -0.39 is 12.0 Å². The standard InChI is InChI=1S/C15H21NO3/c1-9(2)13(15(18)19-5)16-14(17)12-10(3)7-6-8-11(12)4/h6-9,13H,1-5H3,(H,16,17). The Morgan fingerprint density at radius 2 is 1.68 bits per heavy atom. The highest BCUT2D eigenvalue weighted by Crippen LogP contribution is 2.14. The van der Waals surface area contributed by atoms with Crippen molar-refractivity contribution >= 4 is 11.9 Å². The lowest BCUT2D eigenvalue weighted by atomic mass is 10.00. The Morgan fingerprint density at radius 1 is 1.16 bits per heavy atom. The first-order valence-electron chi connectivity index (χ1n) is 6.33. The molecule has 1 rings (SSSR count). The van der Waals surface area contributed by atoms with Crippen LogP contribution in [0.25, 0.3) is 0 Å². The molecule has 0 aliphatic rings. The lowest BCUT2D eigenvalue weighted by Gasteiger charge is -2.21. The van der Waals surface area contributed by atoms with E-state index in [2.05, 4.69) is 5.32 Å². The first-order chi connectivity index (χ1) is 8.88. The van der Waals surface area contributed by atoms with Gasteiger partial charge in [-0.3, -0.25) is 4.79 Å². The molecule has 0 spiro atoms. The minimum absolute atomic E-state index is 0.0271. The van der Waals surface area contributed by atoms with Crippen LogP contribution in [0.15, 0.2) is 18.2 Å². The van der Waals surface area contributed by atoms with Crippen molar-refractivity contribution in [2.24, 2.45) is 5.92 Å². The third kappa shape index (κ3) is 3.56. The Labute approximate surface area is 114 Å². The molecule has 0 aromatic heterocycles. The molecule has 104 valence electrons. The van der Waals surface area contributed by atoms with E-state index >= 15 is 0 Å². The largest absolute Gasteiger partial charge is 0.467 e. The number of hydrogen-bond acceptors (Lipinski definition) is 3. The van der Waals surface area contributed by atoms with E-state index in [1.54, 1.807) is 0 Å². The second kappa shape index (κ2) is 6.36.